The summed E-state index contributed by atoms with van der Waals surface area (Å²) in [5.74, 6) is 1.06. The largest absolute Gasteiger partial charge is 0.370 e. The van der Waals surface area contributed by atoms with Gasteiger partial charge in [-0.3, -0.25) is 0 Å². The zero-order valence-corrected chi connectivity index (χ0v) is 11.6. The molecule has 4 nitrogen and oxygen atoms in total. The van der Waals surface area contributed by atoms with Crippen molar-refractivity contribution in [2.24, 2.45) is 0 Å². The van der Waals surface area contributed by atoms with Crippen molar-refractivity contribution < 1.29 is 0 Å². The number of nitrogens with zero attached hydrogens (tertiary/aromatic N) is 2. The molecule has 2 aliphatic rings. The third-order valence-corrected chi connectivity index (χ3v) is 4.10. The van der Waals surface area contributed by atoms with Gasteiger partial charge in [0.2, 0.25) is 0 Å². The fourth-order valence-corrected chi connectivity index (χ4v) is 2.97. The Balaban J connectivity index is 1.40. The van der Waals surface area contributed by atoms with Gasteiger partial charge in [-0.05, 0) is 43.9 Å². The summed E-state index contributed by atoms with van der Waals surface area (Å²) in [7, 11) is 0. The molecule has 1 saturated heterocycles. The SMILES string of the molecule is c1cc2c(nc1NCCCN1CCNCC1)CCC2. The Morgan fingerprint density at radius 1 is 1.21 bits per heavy atom. The molecule has 0 saturated carbocycles. The predicted octanol–water partition coefficient (Wildman–Crippen LogP) is 1.28. The van der Waals surface area contributed by atoms with Crippen LogP contribution < -0.4 is 10.6 Å². The number of pyridine rings is 1. The number of piperazine rings is 1. The average Bonchev–Trinajstić information content (AvgIpc) is 2.92. The Kier molecular flexibility index (Phi) is 4.30. The lowest BCUT2D eigenvalue weighted by molar-refractivity contribution is 0.240. The first-order chi connectivity index (χ1) is 9.42. The number of hydrogen-bond donors (Lipinski definition) is 2. The molecule has 0 spiro atoms. The summed E-state index contributed by atoms with van der Waals surface area (Å²) in [4.78, 5) is 7.24. The van der Waals surface area contributed by atoms with E-state index in [1.165, 1.54) is 50.2 Å². The summed E-state index contributed by atoms with van der Waals surface area (Å²) < 4.78 is 0. The molecule has 1 aromatic rings. The van der Waals surface area contributed by atoms with Crippen LogP contribution in [-0.4, -0.2) is 49.2 Å². The first kappa shape index (κ1) is 12.9. The normalized spacial score (nSPS) is 19.4. The number of nitrogens with one attached hydrogen (secondary N) is 2. The van der Waals surface area contributed by atoms with E-state index < -0.39 is 0 Å². The number of fused-ring (bicyclic) bond motifs is 1. The van der Waals surface area contributed by atoms with E-state index in [2.05, 4.69) is 27.7 Å². The Morgan fingerprint density at radius 3 is 3.00 bits per heavy atom. The molecule has 1 fully saturated rings. The highest BCUT2D eigenvalue weighted by atomic mass is 15.2. The number of anilines is 1. The number of aromatic nitrogens is 1. The van der Waals surface area contributed by atoms with Crippen LogP contribution in [0.3, 0.4) is 0 Å². The van der Waals surface area contributed by atoms with E-state index in [-0.39, 0.29) is 0 Å². The Labute approximate surface area is 115 Å². The third kappa shape index (κ3) is 3.45. The van der Waals surface area contributed by atoms with Crippen molar-refractivity contribution in [3.05, 3.63) is 23.4 Å². The van der Waals surface area contributed by atoms with Gasteiger partial charge in [0.1, 0.15) is 5.82 Å². The lowest BCUT2D eigenvalue weighted by Gasteiger charge is -2.27. The van der Waals surface area contributed by atoms with Crippen LogP contribution in [0.1, 0.15) is 24.1 Å². The summed E-state index contributed by atoms with van der Waals surface area (Å²) in [6.07, 6.45) is 4.84. The monoisotopic (exact) mass is 260 g/mol. The second-order valence-corrected chi connectivity index (χ2v) is 5.53. The van der Waals surface area contributed by atoms with Gasteiger partial charge in [0.05, 0.1) is 0 Å². The zero-order valence-electron chi connectivity index (χ0n) is 11.6. The van der Waals surface area contributed by atoms with E-state index in [0.29, 0.717) is 0 Å². The van der Waals surface area contributed by atoms with Crippen molar-refractivity contribution in [2.75, 3.05) is 44.6 Å². The van der Waals surface area contributed by atoms with Crippen molar-refractivity contribution in [3.8, 4) is 0 Å². The summed E-state index contributed by atoms with van der Waals surface area (Å²) in [6, 6.07) is 4.38. The molecule has 0 aromatic carbocycles. The average molecular weight is 260 g/mol. The third-order valence-electron chi connectivity index (χ3n) is 4.10. The predicted molar refractivity (Wildman–Crippen MR) is 78.7 cm³/mol. The molecule has 1 aliphatic carbocycles. The highest BCUT2D eigenvalue weighted by Crippen LogP contribution is 2.21. The van der Waals surface area contributed by atoms with Gasteiger partial charge >= 0.3 is 0 Å². The molecule has 0 unspecified atom stereocenters. The van der Waals surface area contributed by atoms with E-state index in [1.54, 1.807) is 0 Å². The second kappa shape index (κ2) is 6.35. The number of aryl methyl sites for hydroxylation is 2. The van der Waals surface area contributed by atoms with Gasteiger partial charge < -0.3 is 15.5 Å². The van der Waals surface area contributed by atoms with Crippen LogP contribution in [0.15, 0.2) is 12.1 Å². The van der Waals surface area contributed by atoms with E-state index in [9.17, 15) is 0 Å². The molecule has 0 bridgehead atoms. The fraction of sp³-hybridized carbons (Fsp3) is 0.667. The second-order valence-electron chi connectivity index (χ2n) is 5.53. The fourth-order valence-electron chi connectivity index (χ4n) is 2.97. The molecule has 2 N–H and O–H groups in total. The van der Waals surface area contributed by atoms with Gasteiger partial charge in [0, 0.05) is 38.4 Å². The smallest absolute Gasteiger partial charge is 0.126 e. The van der Waals surface area contributed by atoms with Crippen LogP contribution in [0.25, 0.3) is 0 Å². The molecule has 1 aromatic heterocycles. The maximum Gasteiger partial charge on any atom is 0.126 e. The Morgan fingerprint density at radius 2 is 2.11 bits per heavy atom. The minimum Gasteiger partial charge on any atom is -0.370 e. The van der Waals surface area contributed by atoms with Gasteiger partial charge in [-0.1, -0.05) is 6.07 Å². The summed E-state index contributed by atoms with van der Waals surface area (Å²) in [5, 5.41) is 6.85. The molecule has 1 aliphatic heterocycles. The molecule has 0 radical (unpaired) electrons. The van der Waals surface area contributed by atoms with Crippen LogP contribution in [-0.2, 0) is 12.8 Å². The minimum absolute atomic E-state index is 1.02. The van der Waals surface area contributed by atoms with Gasteiger partial charge in [-0.25, -0.2) is 4.98 Å². The maximum absolute atomic E-state index is 4.70. The van der Waals surface area contributed by atoms with Gasteiger partial charge in [-0.15, -0.1) is 0 Å². The Hall–Kier alpha value is -1.13. The van der Waals surface area contributed by atoms with Crippen molar-refractivity contribution in [3.63, 3.8) is 0 Å². The van der Waals surface area contributed by atoms with Crippen molar-refractivity contribution in [2.45, 2.75) is 25.7 Å². The summed E-state index contributed by atoms with van der Waals surface area (Å²) >= 11 is 0. The van der Waals surface area contributed by atoms with Crippen LogP contribution in [0.4, 0.5) is 5.82 Å². The molecule has 104 valence electrons. The number of hydrogen-bond acceptors (Lipinski definition) is 4. The van der Waals surface area contributed by atoms with E-state index >= 15 is 0 Å². The summed E-state index contributed by atoms with van der Waals surface area (Å²) in [5.41, 5.74) is 2.76. The molecule has 2 heterocycles. The van der Waals surface area contributed by atoms with Crippen molar-refractivity contribution >= 4 is 5.82 Å². The molecule has 19 heavy (non-hydrogen) atoms. The lowest BCUT2D eigenvalue weighted by Crippen LogP contribution is -2.44. The molecule has 3 rings (SSSR count). The highest BCUT2D eigenvalue weighted by molar-refractivity contribution is 5.40. The van der Waals surface area contributed by atoms with E-state index in [0.717, 1.165) is 31.9 Å². The molecular weight excluding hydrogens is 236 g/mol. The highest BCUT2D eigenvalue weighted by Gasteiger charge is 2.12. The zero-order chi connectivity index (χ0) is 12.9. The quantitative estimate of drug-likeness (QED) is 0.783. The molecule has 0 amide bonds. The first-order valence-corrected chi connectivity index (χ1v) is 7.57. The van der Waals surface area contributed by atoms with Crippen LogP contribution in [0.2, 0.25) is 0 Å². The molecule has 0 atom stereocenters. The van der Waals surface area contributed by atoms with Crippen LogP contribution >= 0.6 is 0 Å². The van der Waals surface area contributed by atoms with Gasteiger partial charge in [0.15, 0.2) is 0 Å². The standard InChI is InChI=1S/C15H24N4/c1-3-13-5-6-15(18-14(13)4-1)17-7-2-10-19-11-8-16-9-12-19/h5-6,16H,1-4,7-12H2,(H,17,18). The lowest BCUT2D eigenvalue weighted by atomic mass is 10.2. The summed E-state index contributed by atoms with van der Waals surface area (Å²) in [6.45, 7) is 6.88. The van der Waals surface area contributed by atoms with Crippen LogP contribution in [0, 0.1) is 0 Å². The van der Waals surface area contributed by atoms with E-state index in [1.807, 2.05) is 0 Å². The van der Waals surface area contributed by atoms with Crippen LogP contribution in [0.5, 0.6) is 0 Å². The Bertz CT molecular complexity index is 413. The van der Waals surface area contributed by atoms with Crippen molar-refractivity contribution in [1.82, 2.24) is 15.2 Å². The minimum atomic E-state index is 1.02. The molecule has 4 heteroatoms. The first-order valence-electron chi connectivity index (χ1n) is 7.57. The topological polar surface area (TPSA) is 40.2 Å². The molecular formula is C15H24N4. The number of rotatable bonds is 5. The van der Waals surface area contributed by atoms with Gasteiger partial charge in [0.25, 0.3) is 0 Å². The van der Waals surface area contributed by atoms with Crippen molar-refractivity contribution in [1.29, 1.82) is 0 Å². The van der Waals surface area contributed by atoms with Gasteiger partial charge in [-0.2, -0.15) is 0 Å². The van der Waals surface area contributed by atoms with E-state index in [4.69, 9.17) is 4.98 Å². The maximum atomic E-state index is 4.70.